The lowest BCUT2D eigenvalue weighted by atomic mass is 10.0. The standard InChI is InChI=1S/C20H24N4O3/c1-14-12-24(5-6-26-14)19-10-18(22-13-23-19)20-17-9-16(27-8-7-25-2)4-3-15(17)11-21-20/h3-4,9-10,13-14H,5-8,11-12H2,1-2H3/t14-/m0/s1. The second-order valence-electron chi connectivity index (χ2n) is 6.71. The molecule has 0 aliphatic carbocycles. The summed E-state index contributed by atoms with van der Waals surface area (Å²) in [6.07, 6.45) is 1.82. The average molecular weight is 368 g/mol. The van der Waals surface area contributed by atoms with E-state index in [0.29, 0.717) is 26.4 Å². The van der Waals surface area contributed by atoms with E-state index >= 15 is 0 Å². The van der Waals surface area contributed by atoms with Crippen LogP contribution in [0.15, 0.2) is 35.6 Å². The van der Waals surface area contributed by atoms with Crippen molar-refractivity contribution in [2.45, 2.75) is 19.6 Å². The Bertz CT molecular complexity index is 840. The number of benzene rings is 1. The summed E-state index contributed by atoms with van der Waals surface area (Å²) in [5.74, 6) is 1.73. The van der Waals surface area contributed by atoms with Gasteiger partial charge in [-0.1, -0.05) is 6.07 Å². The molecule has 1 aromatic carbocycles. The van der Waals surface area contributed by atoms with Crippen LogP contribution in [0.25, 0.3) is 0 Å². The Balaban J connectivity index is 1.57. The quantitative estimate of drug-likeness (QED) is 0.727. The Morgan fingerprint density at radius 3 is 3.00 bits per heavy atom. The van der Waals surface area contributed by atoms with Gasteiger partial charge in [0, 0.05) is 31.8 Å². The summed E-state index contributed by atoms with van der Waals surface area (Å²) in [5, 5.41) is 0. The zero-order valence-corrected chi connectivity index (χ0v) is 15.7. The van der Waals surface area contributed by atoms with Gasteiger partial charge in [-0.25, -0.2) is 9.97 Å². The fourth-order valence-electron chi connectivity index (χ4n) is 3.39. The van der Waals surface area contributed by atoms with E-state index in [4.69, 9.17) is 19.2 Å². The number of ether oxygens (including phenoxy) is 3. The van der Waals surface area contributed by atoms with Crippen molar-refractivity contribution >= 4 is 11.5 Å². The first-order valence-electron chi connectivity index (χ1n) is 9.23. The third-order valence-corrected chi connectivity index (χ3v) is 4.76. The number of hydrogen-bond donors (Lipinski definition) is 0. The molecule has 0 amide bonds. The Morgan fingerprint density at radius 1 is 1.22 bits per heavy atom. The van der Waals surface area contributed by atoms with Gasteiger partial charge in [0.2, 0.25) is 0 Å². The lowest BCUT2D eigenvalue weighted by Gasteiger charge is -2.32. The molecule has 27 heavy (non-hydrogen) atoms. The zero-order chi connectivity index (χ0) is 18.6. The molecule has 4 rings (SSSR count). The second-order valence-corrected chi connectivity index (χ2v) is 6.71. The van der Waals surface area contributed by atoms with E-state index < -0.39 is 0 Å². The van der Waals surface area contributed by atoms with Crippen molar-refractivity contribution in [1.29, 1.82) is 0 Å². The molecule has 0 N–H and O–H groups in total. The predicted molar refractivity (Wildman–Crippen MR) is 103 cm³/mol. The molecule has 7 heteroatoms. The number of aromatic nitrogens is 2. The highest BCUT2D eigenvalue weighted by molar-refractivity contribution is 6.14. The van der Waals surface area contributed by atoms with Crippen LogP contribution in [0.5, 0.6) is 5.75 Å². The molecular weight excluding hydrogens is 344 g/mol. The molecule has 2 aliphatic rings. The molecule has 142 valence electrons. The van der Waals surface area contributed by atoms with Gasteiger partial charge < -0.3 is 19.1 Å². The number of nitrogens with zero attached hydrogens (tertiary/aromatic N) is 4. The molecule has 1 aromatic heterocycles. The van der Waals surface area contributed by atoms with Gasteiger partial charge in [-0.15, -0.1) is 0 Å². The molecule has 0 radical (unpaired) electrons. The Hall–Kier alpha value is -2.51. The van der Waals surface area contributed by atoms with Crippen LogP contribution >= 0.6 is 0 Å². The summed E-state index contributed by atoms with van der Waals surface area (Å²) < 4.78 is 16.4. The van der Waals surface area contributed by atoms with Crippen molar-refractivity contribution in [1.82, 2.24) is 9.97 Å². The lowest BCUT2D eigenvalue weighted by molar-refractivity contribution is 0.0529. The van der Waals surface area contributed by atoms with Gasteiger partial charge >= 0.3 is 0 Å². The van der Waals surface area contributed by atoms with Gasteiger partial charge in [0.15, 0.2) is 0 Å². The van der Waals surface area contributed by atoms with Crippen LogP contribution in [0.3, 0.4) is 0 Å². The molecule has 3 heterocycles. The molecule has 2 aliphatic heterocycles. The average Bonchev–Trinajstić information content (AvgIpc) is 3.12. The van der Waals surface area contributed by atoms with Crippen LogP contribution in [0, 0.1) is 0 Å². The minimum Gasteiger partial charge on any atom is -0.491 e. The van der Waals surface area contributed by atoms with Gasteiger partial charge in [0.05, 0.1) is 37.3 Å². The van der Waals surface area contributed by atoms with Gasteiger partial charge in [-0.3, -0.25) is 4.99 Å². The number of rotatable bonds is 6. The van der Waals surface area contributed by atoms with Crippen LogP contribution in [0.2, 0.25) is 0 Å². The molecule has 1 saturated heterocycles. The third kappa shape index (κ3) is 3.94. The van der Waals surface area contributed by atoms with Crippen LogP contribution in [0.4, 0.5) is 5.82 Å². The van der Waals surface area contributed by atoms with E-state index in [0.717, 1.165) is 41.6 Å². The fraction of sp³-hybridized carbons (Fsp3) is 0.450. The summed E-state index contributed by atoms with van der Waals surface area (Å²) in [6.45, 7) is 6.21. The Kier molecular flexibility index (Phi) is 5.31. The number of hydrogen-bond acceptors (Lipinski definition) is 7. The Labute approximate surface area is 159 Å². The maximum absolute atomic E-state index is 5.75. The minimum atomic E-state index is 0.202. The third-order valence-electron chi connectivity index (χ3n) is 4.76. The van der Waals surface area contributed by atoms with E-state index in [1.54, 1.807) is 13.4 Å². The van der Waals surface area contributed by atoms with Crippen molar-refractivity contribution in [2.75, 3.05) is 44.9 Å². The number of fused-ring (bicyclic) bond motifs is 1. The highest BCUT2D eigenvalue weighted by Crippen LogP contribution is 2.27. The summed E-state index contributed by atoms with van der Waals surface area (Å²) >= 11 is 0. The molecule has 1 atom stereocenters. The maximum atomic E-state index is 5.75. The molecule has 0 unspecified atom stereocenters. The smallest absolute Gasteiger partial charge is 0.132 e. The van der Waals surface area contributed by atoms with Crippen molar-refractivity contribution in [3.8, 4) is 5.75 Å². The SMILES string of the molecule is COCCOc1ccc2c(c1)C(c1cc(N3CCO[C@@H](C)C3)ncn1)=NC2. The summed E-state index contributed by atoms with van der Waals surface area (Å²) in [7, 11) is 1.67. The fourth-order valence-corrected chi connectivity index (χ4v) is 3.39. The van der Waals surface area contributed by atoms with Gasteiger partial charge in [0.25, 0.3) is 0 Å². The predicted octanol–water partition coefficient (Wildman–Crippen LogP) is 2.08. The largest absolute Gasteiger partial charge is 0.491 e. The van der Waals surface area contributed by atoms with Gasteiger partial charge in [-0.05, 0) is 24.6 Å². The monoisotopic (exact) mass is 368 g/mol. The van der Waals surface area contributed by atoms with E-state index in [2.05, 4.69) is 27.9 Å². The molecular formula is C20H24N4O3. The molecule has 2 aromatic rings. The van der Waals surface area contributed by atoms with Crippen molar-refractivity contribution in [3.05, 3.63) is 47.4 Å². The van der Waals surface area contributed by atoms with Crippen LogP contribution in [0.1, 0.15) is 23.7 Å². The summed E-state index contributed by atoms with van der Waals surface area (Å²) in [4.78, 5) is 15.9. The van der Waals surface area contributed by atoms with Crippen molar-refractivity contribution in [3.63, 3.8) is 0 Å². The highest BCUT2D eigenvalue weighted by Gasteiger charge is 2.22. The normalized spacial score (nSPS) is 19.0. The van der Waals surface area contributed by atoms with Crippen molar-refractivity contribution in [2.24, 2.45) is 4.99 Å². The van der Waals surface area contributed by atoms with Crippen molar-refractivity contribution < 1.29 is 14.2 Å². The number of morpholine rings is 1. The van der Waals surface area contributed by atoms with Gasteiger partial charge in [0.1, 0.15) is 24.5 Å². The summed E-state index contributed by atoms with van der Waals surface area (Å²) in [5.41, 5.74) is 3.99. The molecule has 1 fully saturated rings. The minimum absolute atomic E-state index is 0.202. The van der Waals surface area contributed by atoms with Crippen LogP contribution in [-0.2, 0) is 16.0 Å². The molecule has 0 saturated carbocycles. The Morgan fingerprint density at radius 2 is 2.15 bits per heavy atom. The van der Waals surface area contributed by atoms with Crippen LogP contribution < -0.4 is 9.64 Å². The number of aliphatic imine (C=N–C) groups is 1. The summed E-state index contributed by atoms with van der Waals surface area (Å²) in [6, 6.07) is 8.10. The molecule has 0 bridgehead atoms. The molecule has 7 nitrogen and oxygen atoms in total. The highest BCUT2D eigenvalue weighted by atomic mass is 16.5. The van der Waals surface area contributed by atoms with Gasteiger partial charge in [-0.2, -0.15) is 0 Å². The number of anilines is 1. The topological polar surface area (TPSA) is 69.1 Å². The first kappa shape index (κ1) is 17.9. The first-order chi connectivity index (χ1) is 13.2. The van der Waals surface area contributed by atoms with E-state index in [-0.39, 0.29) is 6.10 Å². The molecule has 0 spiro atoms. The maximum Gasteiger partial charge on any atom is 0.132 e. The van der Waals surface area contributed by atoms with Crippen LogP contribution in [-0.4, -0.2) is 61.8 Å². The first-order valence-corrected chi connectivity index (χ1v) is 9.23. The lowest BCUT2D eigenvalue weighted by Crippen LogP contribution is -2.41. The van der Waals surface area contributed by atoms with E-state index in [9.17, 15) is 0 Å². The number of methoxy groups -OCH3 is 1. The van der Waals surface area contributed by atoms with E-state index in [1.807, 2.05) is 18.2 Å². The second kappa shape index (κ2) is 8.02. The van der Waals surface area contributed by atoms with E-state index in [1.165, 1.54) is 5.56 Å². The zero-order valence-electron chi connectivity index (χ0n) is 15.7.